The molecule has 25 heavy (non-hydrogen) atoms. The van der Waals surface area contributed by atoms with E-state index in [4.69, 9.17) is 33.7 Å². The summed E-state index contributed by atoms with van der Waals surface area (Å²) >= 11 is 12.0. The lowest BCUT2D eigenvalue weighted by Gasteiger charge is -2.37. The van der Waals surface area contributed by atoms with Crippen molar-refractivity contribution in [1.82, 2.24) is 4.90 Å². The van der Waals surface area contributed by atoms with Crippen LogP contribution in [0.1, 0.15) is 0 Å². The number of piperazine rings is 1. The first-order chi connectivity index (χ1) is 12.1. The van der Waals surface area contributed by atoms with E-state index in [-0.39, 0.29) is 0 Å². The Morgan fingerprint density at radius 2 is 1.76 bits per heavy atom. The molecule has 0 unspecified atom stereocenters. The predicted octanol–water partition coefficient (Wildman–Crippen LogP) is 3.77. The molecule has 7 heteroatoms. The van der Waals surface area contributed by atoms with Crippen molar-refractivity contribution in [1.29, 1.82) is 0 Å². The van der Waals surface area contributed by atoms with Crippen LogP contribution in [0.5, 0.6) is 5.75 Å². The Bertz CT molecular complexity index is 773. The molecule has 0 aromatic heterocycles. The predicted molar refractivity (Wildman–Crippen MR) is 105 cm³/mol. The molecule has 3 rings (SSSR count). The van der Waals surface area contributed by atoms with Gasteiger partial charge in [0.15, 0.2) is 5.96 Å². The Morgan fingerprint density at radius 3 is 2.44 bits per heavy atom. The first-order valence-corrected chi connectivity index (χ1v) is 8.76. The molecular formula is C18H20Cl2N4O. The van der Waals surface area contributed by atoms with Crippen molar-refractivity contribution in [3.63, 3.8) is 0 Å². The molecule has 2 N–H and O–H groups in total. The lowest BCUT2D eigenvalue weighted by molar-refractivity contribution is 0.375. The van der Waals surface area contributed by atoms with Gasteiger partial charge in [-0.3, -0.25) is 0 Å². The summed E-state index contributed by atoms with van der Waals surface area (Å²) in [6, 6.07) is 13.3. The average molecular weight is 379 g/mol. The van der Waals surface area contributed by atoms with Crippen molar-refractivity contribution < 1.29 is 4.74 Å². The van der Waals surface area contributed by atoms with Crippen molar-refractivity contribution in [2.24, 2.45) is 10.7 Å². The molecule has 0 saturated carbocycles. The molecule has 0 spiro atoms. The molecule has 0 atom stereocenters. The number of rotatable bonds is 3. The average Bonchev–Trinajstić information content (AvgIpc) is 2.65. The number of halogens is 2. The van der Waals surface area contributed by atoms with Gasteiger partial charge in [-0.2, -0.15) is 0 Å². The van der Waals surface area contributed by atoms with Crippen molar-refractivity contribution in [2.45, 2.75) is 0 Å². The molecule has 1 aliphatic heterocycles. The molecule has 1 heterocycles. The second kappa shape index (κ2) is 7.85. The van der Waals surface area contributed by atoms with Crippen LogP contribution < -0.4 is 15.4 Å². The number of anilines is 1. The van der Waals surface area contributed by atoms with Crippen LogP contribution in [0.2, 0.25) is 10.0 Å². The standard InChI is InChI=1S/C18H20Cl2N4O/c1-25-17-5-3-2-4-16(17)23-8-10-24(11-9-23)18(21)22-13-6-7-14(19)15(20)12-13/h2-7,12H,8-11H2,1H3,(H2,21,22). The number of guanidine groups is 1. The summed E-state index contributed by atoms with van der Waals surface area (Å²) in [6.07, 6.45) is 0. The van der Waals surface area contributed by atoms with Crippen LogP contribution in [-0.4, -0.2) is 44.1 Å². The summed E-state index contributed by atoms with van der Waals surface area (Å²) in [7, 11) is 1.69. The third-order valence-electron chi connectivity index (χ3n) is 4.18. The number of methoxy groups -OCH3 is 1. The van der Waals surface area contributed by atoms with Crippen molar-refractivity contribution in [3.8, 4) is 5.75 Å². The Kier molecular flexibility index (Phi) is 5.56. The Hall–Kier alpha value is -2.11. The lowest BCUT2D eigenvalue weighted by Crippen LogP contribution is -2.51. The van der Waals surface area contributed by atoms with Crippen molar-refractivity contribution >= 4 is 40.5 Å². The molecule has 1 fully saturated rings. The maximum atomic E-state index is 6.17. The van der Waals surface area contributed by atoms with Gasteiger partial charge < -0.3 is 20.3 Å². The molecule has 0 amide bonds. The minimum absolute atomic E-state index is 0.469. The van der Waals surface area contributed by atoms with Crippen LogP contribution in [-0.2, 0) is 0 Å². The molecule has 0 radical (unpaired) electrons. The van der Waals surface area contributed by atoms with Crippen LogP contribution >= 0.6 is 23.2 Å². The fraction of sp³-hybridized carbons (Fsp3) is 0.278. The zero-order valence-electron chi connectivity index (χ0n) is 14.0. The first-order valence-electron chi connectivity index (χ1n) is 8.00. The van der Waals surface area contributed by atoms with Crippen LogP contribution in [0.4, 0.5) is 11.4 Å². The molecule has 132 valence electrons. The molecule has 5 nitrogen and oxygen atoms in total. The largest absolute Gasteiger partial charge is 0.495 e. The second-order valence-corrected chi connectivity index (χ2v) is 6.53. The van der Waals surface area contributed by atoms with Gasteiger partial charge in [-0.25, -0.2) is 4.99 Å². The monoisotopic (exact) mass is 378 g/mol. The van der Waals surface area contributed by atoms with E-state index in [1.165, 1.54) is 0 Å². The highest BCUT2D eigenvalue weighted by Gasteiger charge is 2.20. The topological polar surface area (TPSA) is 54.1 Å². The van der Waals surface area contributed by atoms with E-state index < -0.39 is 0 Å². The number of benzene rings is 2. The normalized spacial score (nSPS) is 15.4. The first kappa shape index (κ1) is 17.7. The van der Waals surface area contributed by atoms with Gasteiger partial charge in [0, 0.05) is 26.2 Å². The van der Waals surface area contributed by atoms with Gasteiger partial charge in [0.2, 0.25) is 0 Å². The third kappa shape index (κ3) is 4.11. The molecule has 1 aliphatic rings. The zero-order valence-corrected chi connectivity index (χ0v) is 15.5. The van der Waals surface area contributed by atoms with Gasteiger partial charge in [0.05, 0.1) is 28.5 Å². The zero-order chi connectivity index (χ0) is 17.8. The molecule has 2 aromatic rings. The van der Waals surface area contributed by atoms with E-state index in [1.54, 1.807) is 25.3 Å². The van der Waals surface area contributed by atoms with Gasteiger partial charge in [-0.1, -0.05) is 35.3 Å². The van der Waals surface area contributed by atoms with Crippen LogP contribution in [0.25, 0.3) is 0 Å². The van der Waals surface area contributed by atoms with E-state index in [0.29, 0.717) is 21.7 Å². The Balaban J connectivity index is 1.67. The maximum Gasteiger partial charge on any atom is 0.196 e. The molecular weight excluding hydrogens is 359 g/mol. The van der Waals surface area contributed by atoms with Gasteiger partial charge in [0.25, 0.3) is 0 Å². The number of nitrogens with two attached hydrogens (primary N) is 1. The second-order valence-electron chi connectivity index (χ2n) is 5.71. The Morgan fingerprint density at radius 1 is 1.04 bits per heavy atom. The number of para-hydroxylation sites is 2. The SMILES string of the molecule is COc1ccccc1N1CCN(C(N)=Nc2ccc(Cl)c(Cl)c2)CC1. The van der Waals surface area contributed by atoms with E-state index in [0.717, 1.165) is 37.6 Å². The number of aliphatic imine (C=N–C) groups is 1. The number of hydrogen-bond acceptors (Lipinski definition) is 3. The minimum atomic E-state index is 0.469. The van der Waals surface area contributed by atoms with E-state index in [2.05, 4.69) is 20.9 Å². The quantitative estimate of drug-likeness (QED) is 0.652. The summed E-state index contributed by atoms with van der Waals surface area (Å²) in [5.74, 6) is 1.37. The molecule has 1 saturated heterocycles. The fourth-order valence-electron chi connectivity index (χ4n) is 2.83. The number of ether oxygens (including phenoxy) is 1. The summed E-state index contributed by atoms with van der Waals surface area (Å²) in [5.41, 5.74) is 7.96. The lowest BCUT2D eigenvalue weighted by atomic mass is 10.2. The summed E-state index contributed by atoms with van der Waals surface area (Å²) in [6.45, 7) is 3.26. The van der Waals surface area contributed by atoms with E-state index in [9.17, 15) is 0 Å². The van der Waals surface area contributed by atoms with Crippen molar-refractivity contribution in [2.75, 3.05) is 38.2 Å². The highest BCUT2D eigenvalue weighted by molar-refractivity contribution is 6.42. The third-order valence-corrected chi connectivity index (χ3v) is 4.92. The van der Waals surface area contributed by atoms with Crippen LogP contribution in [0.15, 0.2) is 47.5 Å². The highest BCUT2D eigenvalue weighted by atomic mass is 35.5. The smallest absolute Gasteiger partial charge is 0.196 e. The summed E-state index contributed by atoms with van der Waals surface area (Å²) < 4.78 is 5.45. The number of hydrogen-bond donors (Lipinski definition) is 1. The summed E-state index contributed by atoms with van der Waals surface area (Å²) in [5, 5.41) is 0.973. The van der Waals surface area contributed by atoms with Crippen LogP contribution in [0, 0.1) is 0 Å². The molecule has 0 aliphatic carbocycles. The summed E-state index contributed by atoms with van der Waals surface area (Å²) in [4.78, 5) is 8.81. The highest BCUT2D eigenvalue weighted by Crippen LogP contribution is 2.29. The number of nitrogens with zero attached hydrogens (tertiary/aromatic N) is 3. The van der Waals surface area contributed by atoms with Gasteiger partial charge in [-0.05, 0) is 30.3 Å². The Labute approximate surface area is 157 Å². The van der Waals surface area contributed by atoms with Crippen LogP contribution in [0.3, 0.4) is 0 Å². The molecule has 2 aromatic carbocycles. The van der Waals surface area contributed by atoms with Gasteiger partial charge in [0.1, 0.15) is 5.75 Å². The van der Waals surface area contributed by atoms with Gasteiger partial charge in [-0.15, -0.1) is 0 Å². The minimum Gasteiger partial charge on any atom is -0.495 e. The van der Waals surface area contributed by atoms with E-state index >= 15 is 0 Å². The van der Waals surface area contributed by atoms with Crippen molar-refractivity contribution in [3.05, 3.63) is 52.5 Å². The fourth-order valence-corrected chi connectivity index (χ4v) is 3.12. The van der Waals surface area contributed by atoms with Gasteiger partial charge >= 0.3 is 0 Å². The molecule has 0 bridgehead atoms. The van der Waals surface area contributed by atoms with E-state index in [1.807, 2.05) is 18.2 Å². The maximum absolute atomic E-state index is 6.17.